The van der Waals surface area contributed by atoms with Gasteiger partial charge in [0.05, 0.1) is 12.0 Å². The zero-order chi connectivity index (χ0) is 17.1. The molecule has 1 unspecified atom stereocenters. The Kier molecular flexibility index (Phi) is 8.93. The Morgan fingerprint density at radius 1 is 1.17 bits per heavy atom. The zero-order valence-electron chi connectivity index (χ0n) is 15.3. The molecule has 0 radical (unpaired) electrons. The standard InChI is InChI=1S/C17H25NO2.C3H8/c1-3-10-17(16(19)20-4-2)11-12-18(14-17)13-15-8-6-5-7-9-15;1-3-2/h5-9H,3-4,10-14H2,1-2H3;3H2,1-2H3. The summed E-state index contributed by atoms with van der Waals surface area (Å²) in [5.74, 6) is -0.00240. The van der Waals surface area contributed by atoms with Gasteiger partial charge in [-0.3, -0.25) is 9.69 Å². The molecule has 23 heavy (non-hydrogen) atoms. The van der Waals surface area contributed by atoms with Crippen LogP contribution < -0.4 is 0 Å². The van der Waals surface area contributed by atoms with Gasteiger partial charge in [-0.05, 0) is 31.9 Å². The van der Waals surface area contributed by atoms with Gasteiger partial charge in [-0.2, -0.15) is 0 Å². The molecule has 1 aromatic rings. The quantitative estimate of drug-likeness (QED) is 0.714. The fraction of sp³-hybridized carbons (Fsp3) is 0.650. The second-order valence-electron chi connectivity index (χ2n) is 6.40. The van der Waals surface area contributed by atoms with E-state index in [2.05, 4.69) is 49.9 Å². The first-order valence-corrected chi connectivity index (χ1v) is 9.05. The molecule has 1 aliphatic rings. The van der Waals surface area contributed by atoms with Gasteiger partial charge in [0.25, 0.3) is 0 Å². The van der Waals surface area contributed by atoms with Crippen LogP contribution in [-0.2, 0) is 16.1 Å². The number of ether oxygens (including phenoxy) is 1. The van der Waals surface area contributed by atoms with E-state index in [0.717, 1.165) is 38.9 Å². The molecular weight excluding hydrogens is 286 g/mol. The molecule has 3 nitrogen and oxygen atoms in total. The molecule has 1 heterocycles. The molecule has 3 heteroatoms. The van der Waals surface area contributed by atoms with Gasteiger partial charge in [-0.25, -0.2) is 0 Å². The number of hydrogen-bond donors (Lipinski definition) is 0. The van der Waals surface area contributed by atoms with Gasteiger partial charge in [-0.15, -0.1) is 0 Å². The number of hydrogen-bond acceptors (Lipinski definition) is 3. The lowest BCUT2D eigenvalue weighted by molar-refractivity contribution is -0.155. The summed E-state index contributed by atoms with van der Waals surface area (Å²) in [4.78, 5) is 14.7. The summed E-state index contributed by atoms with van der Waals surface area (Å²) in [5.41, 5.74) is 1.03. The van der Waals surface area contributed by atoms with Crippen LogP contribution in [0, 0.1) is 5.41 Å². The van der Waals surface area contributed by atoms with Crippen molar-refractivity contribution in [3.8, 4) is 0 Å². The number of nitrogens with zero attached hydrogens (tertiary/aromatic N) is 1. The second kappa shape index (κ2) is 10.4. The highest BCUT2D eigenvalue weighted by Crippen LogP contribution is 2.37. The summed E-state index contributed by atoms with van der Waals surface area (Å²) in [6, 6.07) is 10.5. The van der Waals surface area contributed by atoms with Crippen molar-refractivity contribution in [2.75, 3.05) is 19.7 Å². The van der Waals surface area contributed by atoms with E-state index in [0.29, 0.717) is 6.61 Å². The van der Waals surface area contributed by atoms with Crippen LogP contribution in [0.15, 0.2) is 30.3 Å². The third kappa shape index (κ3) is 5.98. The molecule has 0 amide bonds. The zero-order valence-corrected chi connectivity index (χ0v) is 15.3. The number of carbonyl (C=O) groups excluding carboxylic acids is 1. The Hall–Kier alpha value is -1.35. The van der Waals surface area contributed by atoms with E-state index in [1.807, 2.05) is 13.0 Å². The van der Waals surface area contributed by atoms with Crippen LogP contribution in [-0.4, -0.2) is 30.6 Å². The number of likely N-dealkylation sites (tertiary alicyclic amines) is 1. The highest BCUT2D eigenvalue weighted by molar-refractivity contribution is 5.77. The lowest BCUT2D eigenvalue weighted by Gasteiger charge is -2.26. The van der Waals surface area contributed by atoms with E-state index in [9.17, 15) is 4.79 Å². The average molecular weight is 319 g/mol. The SMILES string of the molecule is CCC.CCCC1(C(=O)OCC)CCN(Cc2ccccc2)C1. The maximum atomic E-state index is 12.3. The third-order valence-electron chi connectivity index (χ3n) is 4.12. The highest BCUT2D eigenvalue weighted by Gasteiger charge is 2.44. The maximum Gasteiger partial charge on any atom is 0.313 e. The molecule has 1 saturated heterocycles. The Morgan fingerprint density at radius 2 is 1.83 bits per heavy atom. The van der Waals surface area contributed by atoms with Gasteiger partial charge in [0.15, 0.2) is 0 Å². The molecule has 2 rings (SSSR count). The number of carbonyl (C=O) groups is 1. The molecule has 1 aromatic carbocycles. The first-order chi connectivity index (χ1) is 11.1. The largest absolute Gasteiger partial charge is 0.466 e. The van der Waals surface area contributed by atoms with Crippen molar-refractivity contribution < 1.29 is 9.53 Å². The molecule has 0 saturated carbocycles. The normalized spacial score (nSPS) is 20.7. The second-order valence-corrected chi connectivity index (χ2v) is 6.40. The van der Waals surface area contributed by atoms with Gasteiger partial charge in [0, 0.05) is 13.1 Å². The molecule has 0 spiro atoms. The smallest absolute Gasteiger partial charge is 0.313 e. The first kappa shape index (κ1) is 19.7. The summed E-state index contributed by atoms with van der Waals surface area (Å²) in [5, 5.41) is 0. The molecule has 0 N–H and O–H groups in total. The number of rotatable bonds is 6. The third-order valence-corrected chi connectivity index (χ3v) is 4.12. The van der Waals surface area contributed by atoms with Crippen LogP contribution >= 0.6 is 0 Å². The number of esters is 1. The summed E-state index contributed by atoms with van der Waals surface area (Å²) < 4.78 is 5.31. The molecule has 0 aromatic heterocycles. The molecule has 1 atom stereocenters. The highest BCUT2D eigenvalue weighted by atomic mass is 16.5. The summed E-state index contributed by atoms with van der Waals surface area (Å²) in [6.45, 7) is 11.5. The van der Waals surface area contributed by atoms with E-state index in [1.54, 1.807) is 0 Å². The van der Waals surface area contributed by atoms with Crippen LogP contribution in [0.25, 0.3) is 0 Å². The Balaban J connectivity index is 0.000000816. The van der Waals surface area contributed by atoms with Gasteiger partial charge >= 0.3 is 5.97 Å². The first-order valence-electron chi connectivity index (χ1n) is 9.05. The van der Waals surface area contributed by atoms with Gasteiger partial charge in [0.1, 0.15) is 0 Å². The molecular formula is C20H33NO2. The minimum atomic E-state index is -0.278. The minimum Gasteiger partial charge on any atom is -0.466 e. The van der Waals surface area contributed by atoms with Crippen molar-refractivity contribution in [3.63, 3.8) is 0 Å². The van der Waals surface area contributed by atoms with E-state index in [4.69, 9.17) is 4.74 Å². The summed E-state index contributed by atoms with van der Waals surface area (Å²) >= 11 is 0. The molecule has 1 fully saturated rings. The van der Waals surface area contributed by atoms with Crippen molar-refractivity contribution in [3.05, 3.63) is 35.9 Å². The molecule has 0 bridgehead atoms. The summed E-state index contributed by atoms with van der Waals surface area (Å²) in [6.07, 6.45) is 4.13. The maximum absolute atomic E-state index is 12.3. The Labute approximate surface area is 142 Å². The molecule has 1 aliphatic heterocycles. The van der Waals surface area contributed by atoms with E-state index in [-0.39, 0.29) is 11.4 Å². The van der Waals surface area contributed by atoms with Crippen LogP contribution in [0.4, 0.5) is 0 Å². The van der Waals surface area contributed by atoms with Crippen molar-refractivity contribution in [2.24, 2.45) is 5.41 Å². The van der Waals surface area contributed by atoms with Crippen molar-refractivity contribution >= 4 is 5.97 Å². The minimum absolute atomic E-state index is 0.00240. The fourth-order valence-electron chi connectivity index (χ4n) is 3.17. The monoisotopic (exact) mass is 319 g/mol. The van der Waals surface area contributed by atoms with Crippen molar-refractivity contribution in [2.45, 2.75) is 59.9 Å². The van der Waals surface area contributed by atoms with E-state index >= 15 is 0 Å². The predicted octanol–water partition coefficient (Wildman–Crippen LogP) is 4.66. The fourth-order valence-corrected chi connectivity index (χ4v) is 3.17. The van der Waals surface area contributed by atoms with Gasteiger partial charge in [-0.1, -0.05) is 63.9 Å². The Morgan fingerprint density at radius 3 is 2.39 bits per heavy atom. The predicted molar refractivity (Wildman–Crippen MR) is 96.3 cm³/mol. The van der Waals surface area contributed by atoms with E-state index in [1.165, 1.54) is 12.0 Å². The van der Waals surface area contributed by atoms with Crippen molar-refractivity contribution in [1.29, 1.82) is 0 Å². The van der Waals surface area contributed by atoms with Gasteiger partial charge in [0.2, 0.25) is 0 Å². The van der Waals surface area contributed by atoms with Crippen LogP contribution in [0.3, 0.4) is 0 Å². The lowest BCUT2D eigenvalue weighted by Crippen LogP contribution is -2.36. The Bertz CT molecular complexity index is 446. The van der Waals surface area contributed by atoms with Crippen LogP contribution in [0.5, 0.6) is 0 Å². The average Bonchev–Trinajstić information content (AvgIpc) is 2.94. The van der Waals surface area contributed by atoms with Crippen molar-refractivity contribution in [1.82, 2.24) is 4.90 Å². The van der Waals surface area contributed by atoms with E-state index < -0.39 is 0 Å². The topological polar surface area (TPSA) is 29.5 Å². The molecule has 130 valence electrons. The number of benzene rings is 1. The van der Waals surface area contributed by atoms with Gasteiger partial charge < -0.3 is 4.74 Å². The summed E-state index contributed by atoms with van der Waals surface area (Å²) in [7, 11) is 0. The lowest BCUT2D eigenvalue weighted by atomic mass is 9.82. The molecule has 0 aliphatic carbocycles. The van der Waals surface area contributed by atoms with Crippen LogP contribution in [0.2, 0.25) is 0 Å². The van der Waals surface area contributed by atoms with Crippen LogP contribution in [0.1, 0.15) is 58.9 Å².